The maximum Gasteiger partial charge on any atom is 0.265 e. The van der Waals surface area contributed by atoms with E-state index < -0.39 is 0 Å². The van der Waals surface area contributed by atoms with E-state index >= 15 is 0 Å². The first kappa shape index (κ1) is 19.5. The molecule has 3 rings (SSSR count). The van der Waals surface area contributed by atoms with E-state index in [0.29, 0.717) is 33.0 Å². The Morgan fingerprint density at radius 3 is 2.59 bits per heavy atom. The van der Waals surface area contributed by atoms with Crippen LogP contribution in [0, 0.1) is 6.92 Å². The Hall–Kier alpha value is -2.21. The Labute approximate surface area is 171 Å². The summed E-state index contributed by atoms with van der Waals surface area (Å²) in [6, 6.07) is 12.4. The van der Waals surface area contributed by atoms with Crippen LogP contribution in [0.25, 0.3) is 0 Å². The van der Waals surface area contributed by atoms with Gasteiger partial charge in [0.2, 0.25) is 0 Å². The minimum absolute atomic E-state index is 0.199. The van der Waals surface area contributed by atoms with E-state index in [1.807, 2.05) is 30.5 Å². The number of methoxy groups -OCH3 is 1. The molecule has 2 aromatic carbocycles. The number of hydrogen-bond donors (Lipinski definition) is 1. The SMILES string of the molecule is COc1ccc(NC(=O)c2cc(COc3ccc(Cl)cc3C)cs2)cc1Cl. The highest BCUT2D eigenvalue weighted by Gasteiger charge is 2.11. The standard InChI is InChI=1S/C20H17Cl2NO3S/c1-12-7-14(21)3-5-17(12)26-10-13-8-19(27-11-13)20(24)23-15-4-6-18(25-2)16(22)9-15/h3-9,11H,10H2,1-2H3,(H,23,24). The van der Waals surface area contributed by atoms with Gasteiger partial charge in [0, 0.05) is 16.3 Å². The molecule has 3 aromatic rings. The van der Waals surface area contributed by atoms with E-state index in [9.17, 15) is 4.79 Å². The van der Waals surface area contributed by atoms with Crippen molar-refractivity contribution >= 4 is 46.1 Å². The molecule has 0 saturated heterocycles. The highest BCUT2D eigenvalue weighted by Crippen LogP contribution is 2.28. The van der Waals surface area contributed by atoms with Crippen LogP contribution < -0.4 is 14.8 Å². The first-order valence-corrected chi connectivity index (χ1v) is 9.71. The third-order valence-corrected chi connectivity index (χ3v) is 5.33. The van der Waals surface area contributed by atoms with Crippen molar-refractivity contribution in [1.82, 2.24) is 0 Å². The molecule has 0 aliphatic rings. The Kier molecular flexibility index (Phi) is 6.26. The molecule has 1 aromatic heterocycles. The number of carbonyl (C=O) groups is 1. The maximum atomic E-state index is 12.4. The second-order valence-electron chi connectivity index (χ2n) is 5.82. The summed E-state index contributed by atoms with van der Waals surface area (Å²) in [6.45, 7) is 2.31. The highest BCUT2D eigenvalue weighted by atomic mass is 35.5. The predicted molar refractivity (Wildman–Crippen MR) is 111 cm³/mol. The third-order valence-electron chi connectivity index (χ3n) is 3.82. The predicted octanol–water partition coefficient (Wildman–Crippen LogP) is 6.20. The van der Waals surface area contributed by atoms with Gasteiger partial charge in [-0.05, 0) is 60.3 Å². The molecule has 1 N–H and O–H groups in total. The molecule has 0 spiro atoms. The van der Waals surface area contributed by atoms with Gasteiger partial charge in [-0.3, -0.25) is 4.79 Å². The van der Waals surface area contributed by atoms with Gasteiger partial charge in [0.25, 0.3) is 5.91 Å². The molecule has 0 aliphatic heterocycles. The van der Waals surface area contributed by atoms with Crippen molar-refractivity contribution in [2.45, 2.75) is 13.5 Å². The Morgan fingerprint density at radius 2 is 1.89 bits per heavy atom. The molecule has 0 atom stereocenters. The number of halogens is 2. The quantitative estimate of drug-likeness (QED) is 0.514. The molecule has 1 amide bonds. The maximum absolute atomic E-state index is 12.4. The fourth-order valence-electron chi connectivity index (χ4n) is 2.44. The van der Waals surface area contributed by atoms with Crippen molar-refractivity contribution in [3.8, 4) is 11.5 Å². The number of benzene rings is 2. The molecule has 0 aliphatic carbocycles. The van der Waals surface area contributed by atoms with Crippen LogP contribution in [0.1, 0.15) is 20.8 Å². The Balaban J connectivity index is 1.62. The van der Waals surface area contributed by atoms with Gasteiger partial charge >= 0.3 is 0 Å². The molecular weight excluding hydrogens is 405 g/mol. The molecule has 1 heterocycles. The first-order valence-electron chi connectivity index (χ1n) is 8.07. The van der Waals surface area contributed by atoms with Crippen LogP contribution in [-0.2, 0) is 6.61 Å². The summed E-state index contributed by atoms with van der Waals surface area (Å²) in [7, 11) is 1.54. The van der Waals surface area contributed by atoms with Crippen LogP contribution >= 0.6 is 34.5 Å². The normalized spacial score (nSPS) is 10.5. The van der Waals surface area contributed by atoms with E-state index in [2.05, 4.69) is 5.32 Å². The van der Waals surface area contributed by atoms with Crippen LogP contribution in [0.3, 0.4) is 0 Å². The fourth-order valence-corrected chi connectivity index (χ4v) is 3.72. The van der Waals surface area contributed by atoms with Gasteiger partial charge in [0.15, 0.2) is 0 Å². The second-order valence-corrected chi connectivity index (χ2v) is 7.58. The van der Waals surface area contributed by atoms with E-state index in [1.54, 1.807) is 31.4 Å². The monoisotopic (exact) mass is 421 g/mol. The lowest BCUT2D eigenvalue weighted by atomic mass is 10.2. The second kappa shape index (κ2) is 8.65. The lowest BCUT2D eigenvalue weighted by Crippen LogP contribution is -2.10. The van der Waals surface area contributed by atoms with Gasteiger partial charge in [-0.25, -0.2) is 0 Å². The number of aryl methyl sites for hydroxylation is 1. The van der Waals surface area contributed by atoms with E-state index in [0.717, 1.165) is 16.9 Å². The molecule has 7 heteroatoms. The zero-order valence-electron chi connectivity index (χ0n) is 14.7. The van der Waals surface area contributed by atoms with Crippen molar-refractivity contribution in [2.24, 2.45) is 0 Å². The molecule has 0 fully saturated rings. The largest absolute Gasteiger partial charge is 0.495 e. The molecule has 0 bridgehead atoms. The van der Waals surface area contributed by atoms with Crippen molar-refractivity contribution < 1.29 is 14.3 Å². The van der Waals surface area contributed by atoms with E-state index in [1.165, 1.54) is 11.3 Å². The number of thiophene rings is 1. The molecule has 0 radical (unpaired) electrons. The van der Waals surface area contributed by atoms with Gasteiger partial charge in [-0.1, -0.05) is 23.2 Å². The van der Waals surface area contributed by atoms with Crippen LogP contribution in [0.5, 0.6) is 11.5 Å². The Morgan fingerprint density at radius 1 is 1.11 bits per heavy atom. The summed E-state index contributed by atoms with van der Waals surface area (Å²) in [5.41, 5.74) is 2.49. The van der Waals surface area contributed by atoms with Crippen molar-refractivity contribution in [2.75, 3.05) is 12.4 Å². The zero-order valence-corrected chi connectivity index (χ0v) is 17.0. The fraction of sp³-hybridized carbons (Fsp3) is 0.150. The third kappa shape index (κ3) is 4.95. The zero-order chi connectivity index (χ0) is 19.4. The lowest BCUT2D eigenvalue weighted by Gasteiger charge is -2.08. The summed E-state index contributed by atoms with van der Waals surface area (Å²) < 4.78 is 10.9. The summed E-state index contributed by atoms with van der Waals surface area (Å²) >= 11 is 13.4. The summed E-state index contributed by atoms with van der Waals surface area (Å²) in [5, 5.41) is 5.85. The lowest BCUT2D eigenvalue weighted by molar-refractivity contribution is 0.103. The molecule has 27 heavy (non-hydrogen) atoms. The van der Waals surface area contributed by atoms with Gasteiger partial charge in [0.1, 0.15) is 18.1 Å². The number of carbonyl (C=O) groups excluding carboxylic acids is 1. The van der Waals surface area contributed by atoms with Crippen LogP contribution in [0.4, 0.5) is 5.69 Å². The van der Waals surface area contributed by atoms with E-state index in [-0.39, 0.29) is 5.91 Å². The average molecular weight is 422 g/mol. The summed E-state index contributed by atoms with van der Waals surface area (Å²) in [6.07, 6.45) is 0. The molecule has 4 nitrogen and oxygen atoms in total. The van der Waals surface area contributed by atoms with Crippen molar-refractivity contribution in [3.63, 3.8) is 0 Å². The topological polar surface area (TPSA) is 47.6 Å². The number of rotatable bonds is 6. The minimum atomic E-state index is -0.199. The summed E-state index contributed by atoms with van der Waals surface area (Å²) in [5.74, 6) is 1.13. The van der Waals surface area contributed by atoms with Gasteiger partial charge in [-0.15, -0.1) is 11.3 Å². The average Bonchev–Trinajstić information content (AvgIpc) is 3.10. The van der Waals surface area contributed by atoms with Crippen molar-refractivity contribution in [3.05, 3.63) is 73.9 Å². The van der Waals surface area contributed by atoms with Gasteiger partial charge in [0.05, 0.1) is 17.0 Å². The van der Waals surface area contributed by atoms with Gasteiger partial charge in [-0.2, -0.15) is 0 Å². The number of nitrogens with one attached hydrogen (secondary N) is 1. The first-order chi connectivity index (χ1) is 13.0. The van der Waals surface area contributed by atoms with E-state index in [4.69, 9.17) is 32.7 Å². The summed E-state index contributed by atoms with van der Waals surface area (Å²) in [4.78, 5) is 13.0. The number of ether oxygens (including phenoxy) is 2. The minimum Gasteiger partial charge on any atom is -0.495 e. The van der Waals surface area contributed by atoms with Crippen LogP contribution in [-0.4, -0.2) is 13.0 Å². The molecule has 0 saturated carbocycles. The van der Waals surface area contributed by atoms with Crippen LogP contribution in [0.2, 0.25) is 10.0 Å². The molecule has 140 valence electrons. The highest BCUT2D eigenvalue weighted by molar-refractivity contribution is 7.12. The number of anilines is 1. The number of hydrogen-bond acceptors (Lipinski definition) is 4. The Bertz CT molecular complexity index is 972. The molecular formula is C20H17Cl2NO3S. The molecule has 0 unspecified atom stereocenters. The smallest absolute Gasteiger partial charge is 0.265 e. The van der Waals surface area contributed by atoms with Crippen molar-refractivity contribution in [1.29, 1.82) is 0 Å². The van der Waals surface area contributed by atoms with Gasteiger partial charge < -0.3 is 14.8 Å². The van der Waals surface area contributed by atoms with Crippen LogP contribution in [0.15, 0.2) is 47.8 Å². The number of amides is 1.